The molecule has 0 aliphatic heterocycles. The van der Waals surface area contributed by atoms with Crippen LogP contribution >= 0.6 is 0 Å². The van der Waals surface area contributed by atoms with Crippen LogP contribution in [0.15, 0.2) is 42.6 Å². The number of hydrogen-bond acceptors (Lipinski definition) is 6. The molecule has 0 amide bonds. The molecule has 0 aliphatic carbocycles. The first-order valence-corrected chi connectivity index (χ1v) is 8.64. The third-order valence-corrected chi connectivity index (χ3v) is 4.28. The lowest BCUT2D eigenvalue weighted by Crippen LogP contribution is -2.10. The standard InChI is InChI=1S/C21H22N2O4/c1-5-27-21(24)14-12-22-20-17(26-4)11-10-16(25-3)18(20)19(14)23-15-9-7-6-8-13(15)2/h6-12H,5H2,1-4H3,(H,22,23). The molecular weight excluding hydrogens is 344 g/mol. The van der Waals surface area contributed by atoms with Gasteiger partial charge in [-0.15, -0.1) is 0 Å². The van der Waals surface area contributed by atoms with Crippen molar-refractivity contribution in [2.24, 2.45) is 0 Å². The molecule has 0 aliphatic rings. The average Bonchev–Trinajstić information content (AvgIpc) is 2.69. The number of pyridine rings is 1. The van der Waals surface area contributed by atoms with Crippen molar-refractivity contribution in [1.29, 1.82) is 0 Å². The second-order valence-corrected chi connectivity index (χ2v) is 5.90. The Labute approximate surface area is 158 Å². The van der Waals surface area contributed by atoms with Crippen LogP contribution in [0.5, 0.6) is 11.5 Å². The van der Waals surface area contributed by atoms with Crippen LogP contribution in [0.3, 0.4) is 0 Å². The smallest absolute Gasteiger partial charge is 0.341 e. The zero-order valence-electron chi connectivity index (χ0n) is 15.8. The van der Waals surface area contributed by atoms with Gasteiger partial charge in [0, 0.05) is 11.9 Å². The predicted molar refractivity (Wildman–Crippen MR) is 105 cm³/mol. The van der Waals surface area contributed by atoms with Crippen molar-refractivity contribution >= 4 is 28.2 Å². The number of nitrogens with one attached hydrogen (secondary N) is 1. The number of aryl methyl sites for hydroxylation is 1. The highest BCUT2D eigenvalue weighted by Gasteiger charge is 2.22. The summed E-state index contributed by atoms with van der Waals surface area (Å²) in [5.41, 5.74) is 3.42. The molecule has 0 unspecified atom stereocenters. The van der Waals surface area contributed by atoms with Crippen molar-refractivity contribution in [3.05, 3.63) is 53.7 Å². The minimum absolute atomic E-state index is 0.274. The maximum Gasteiger partial charge on any atom is 0.341 e. The minimum atomic E-state index is -0.451. The number of methoxy groups -OCH3 is 2. The fourth-order valence-corrected chi connectivity index (χ4v) is 2.93. The molecule has 0 radical (unpaired) electrons. The van der Waals surface area contributed by atoms with E-state index in [1.807, 2.05) is 31.2 Å². The number of aromatic nitrogens is 1. The Bertz CT molecular complexity index is 985. The molecule has 1 heterocycles. The predicted octanol–water partition coefficient (Wildman–Crippen LogP) is 4.48. The lowest BCUT2D eigenvalue weighted by atomic mass is 10.1. The Morgan fingerprint density at radius 1 is 1.07 bits per heavy atom. The Morgan fingerprint density at radius 2 is 1.78 bits per heavy atom. The van der Waals surface area contributed by atoms with E-state index in [0.29, 0.717) is 33.7 Å². The first-order chi connectivity index (χ1) is 13.1. The lowest BCUT2D eigenvalue weighted by molar-refractivity contribution is 0.0527. The van der Waals surface area contributed by atoms with E-state index >= 15 is 0 Å². The van der Waals surface area contributed by atoms with Gasteiger partial charge in [0.2, 0.25) is 0 Å². The molecule has 0 saturated carbocycles. The molecule has 0 bridgehead atoms. The number of carbonyl (C=O) groups is 1. The summed E-state index contributed by atoms with van der Waals surface area (Å²) in [6.07, 6.45) is 1.50. The molecule has 3 aromatic rings. The highest BCUT2D eigenvalue weighted by molar-refractivity contribution is 6.09. The summed E-state index contributed by atoms with van der Waals surface area (Å²) in [5.74, 6) is 0.724. The van der Waals surface area contributed by atoms with Gasteiger partial charge in [0.25, 0.3) is 0 Å². The molecule has 3 rings (SSSR count). The molecular formula is C21H22N2O4. The second kappa shape index (κ2) is 7.95. The van der Waals surface area contributed by atoms with Gasteiger partial charge in [-0.05, 0) is 37.6 Å². The van der Waals surface area contributed by atoms with Crippen LogP contribution in [-0.4, -0.2) is 31.8 Å². The van der Waals surface area contributed by atoms with Crippen LogP contribution in [0, 0.1) is 6.92 Å². The van der Waals surface area contributed by atoms with Gasteiger partial charge in [-0.25, -0.2) is 4.79 Å². The third kappa shape index (κ3) is 3.51. The summed E-state index contributed by atoms with van der Waals surface area (Å²) in [5, 5.41) is 4.03. The Kier molecular flexibility index (Phi) is 5.45. The Morgan fingerprint density at radius 3 is 2.44 bits per heavy atom. The van der Waals surface area contributed by atoms with Crippen LogP contribution in [0.2, 0.25) is 0 Å². The normalized spacial score (nSPS) is 10.5. The van der Waals surface area contributed by atoms with Crippen molar-refractivity contribution in [3.63, 3.8) is 0 Å². The van der Waals surface area contributed by atoms with Gasteiger partial charge in [-0.1, -0.05) is 18.2 Å². The number of anilines is 2. The van der Waals surface area contributed by atoms with E-state index in [2.05, 4.69) is 10.3 Å². The fourth-order valence-electron chi connectivity index (χ4n) is 2.93. The number of esters is 1. The Hall–Kier alpha value is -3.28. The van der Waals surface area contributed by atoms with Crippen LogP contribution in [0.1, 0.15) is 22.8 Å². The molecule has 0 saturated heterocycles. The Balaban J connectivity index is 2.32. The van der Waals surface area contributed by atoms with Gasteiger partial charge in [0.05, 0.1) is 31.9 Å². The van der Waals surface area contributed by atoms with E-state index in [9.17, 15) is 4.79 Å². The van der Waals surface area contributed by atoms with Crippen molar-refractivity contribution in [2.45, 2.75) is 13.8 Å². The zero-order chi connectivity index (χ0) is 19.4. The van der Waals surface area contributed by atoms with Crippen LogP contribution < -0.4 is 14.8 Å². The van der Waals surface area contributed by atoms with Gasteiger partial charge >= 0.3 is 5.97 Å². The van der Waals surface area contributed by atoms with Gasteiger partial charge in [-0.2, -0.15) is 0 Å². The number of benzene rings is 2. The molecule has 140 valence electrons. The minimum Gasteiger partial charge on any atom is -0.496 e. The van der Waals surface area contributed by atoms with E-state index < -0.39 is 5.97 Å². The summed E-state index contributed by atoms with van der Waals surface area (Å²) >= 11 is 0. The molecule has 1 aromatic heterocycles. The van der Waals surface area contributed by atoms with Crippen molar-refractivity contribution in [2.75, 3.05) is 26.1 Å². The quantitative estimate of drug-likeness (QED) is 0.649. The number of para-hydroxylation sites is 1. The summed E-state index contributed by atoms with van der Waals surface area (Å²) in [6.45, 7) is 4.04. The van der Waals surface area contributed by atoms with Crippen molar-refractivity contribution in [3.8, 4) is 11.5 Å². The number of fused-ring (bicyclic) bond motifs is 1. The van der Waals surface area contributed by atoms with Gasteiger partial charge in [0.1, 0.15) is 22.6 Å². The van der Waals surface area contributed by atoms with E-state index in [4.69, 9.17) is 14.2 Å². The van der Waals surface area contributed by atoms with Crippen LogP contribution in [-0.2, 0) is 4.74 Å². The number of hydrogen-bond donors (Lipinski definition) is 1. The van der Waals surface area contributed by atoms with Crippen molar-refractivity contribution < 1.29 is 19.0 Å². The average molecular weight is 366 g/mol. The second-order valence-electron chi connectivity index (χ2n) is 5.90. The largest absolute Gasteiger partial charge is 0.496 e. The molecule has 0 fully saturated rings. The fraction of sp³-hybridized carbons (Fsp3) is 0.238. The summed E-state index contributed by atoms with van der Waals surface area (Å²) in [4.78, 5) is 17.0. The van der Waals surface area contributed by atoms with Crippen LogP contribution in [0.25, 0.3) is 10.9 Å². The summed E-state index contributed by atoms with van der Waals surface area (Å²) in [6, 6.07) is 11.4. The highest BCUT2D eigenvalue weighted by atomic mass is 16.5. The van der Waals surface area contributed by atoms with Crippen LogP contribution in [0.4, 0.5) is 11.4 Å². The zero-order valence-corrected chi connectivity index (χ0v) is 15.8. The molecule has 27 heavy (non-hydrogen) atoms. The van der Waals surface area contributed by atoms with E-state index in [1.54, 1.807) is 33.3 Å². The number of ether oxygens (including phenoxy) is 3. The lowest BCUT2D eigenvalue weighted by Gasteiger charge is -2.18. The van der Waals surface area contributed by atoms with Gasteiger partial charge < -0.3 is 19.5 Å². The first-order valence-electron chi connectivity index (χ1n) is 8.64. The summed E-state index contributed by atoms with van der Waals surface area (Å²) in [7, 11) is 3.16. The molecule has 0 atom stereocenters. The SMILES string of the molecule is CCOC(=O)c1cnc2c(OC)ccc(OC)c2c1Nc1ccccc1C. The number of nitrogens with zero attached hydrogens (tertiary/aromatic N) is 1. The molecule has 6 heteroatoms. The van der Waals surface area contributed by atoms with E-state index in [0.717, 1.165) is 11.3 Å². The van der Waals surface area contributed by atoms with Crippen molar-refractivity contribution in [1.82, 2.24) is 4.98 Å². The maximum absolute atomic E-state index is 12.6. The molecule has 6 nitrogen and oxygen atoms in total. The number of carbonyl (C=O) groups excluding carboxylic acids is 1. The topological polar surface area (TPSA) is 69.7 Å². The van der Waals surface area contributed by atoms with Gasteiger partial charge in [0.15, 0.2) is 0 Å². The summed E-state index contributed by atoms with van der Waals surface area (Å²) < 4.78 is 16.2. The molecule has 2 aromatic carbocycles. The third-order valence-electron chi connectivity index (χ3n) is 4.28. The highest BCUT2D eigenvalue weighted by Crippen LogP contribution is 2.40. The van der Waals surface area contributed by atoms with E-state index in [1.165, 1.54) is 6.20 Å². The molecule has 0 spiro atoms. The first kappa shape index (κ1) is 18.5. The molecule has 1 N–H and O–H groups in total. The monoisotopic (exact) mass is 366 g/mol. The maximum atomic E-state index is 12.6. The number of rotatable bonds is 6. The van der Waals surface area contributed by atoms with E-state index in [-0.39, 0.29) is 6.61 Å². The van der Waals surface area contributed by atoms with Gasteiger partial charge in [-0.3, -0.25) is 4.98 Å².